The monoisotopic (exact) mass is 278 g/mol. The van der Waals surface area contributed by atoms with Crippen LogP contribution in [0.25, 0.3) is 0 Å². The van der Waals surface area contributed by atoms with Crippen LogP contribution in [-0.4, -0.2) is 29.8 Å². The first-order valence-electron chi connectivity index (χ1n) is 6.94. The van der Waals surface area contributed by atoms with E-state index < -0.39 is 0 Å². The highest BCUT2D eigenvalue weighted by molar-refractivity contribution is 5.96. The zero-order valence-electron chi connectivity index (χ0n) is 11.4. The van der Waals surface area contributed by atoms with Crippen LogP contribution in [0.15, 0.2) is 24.3 Å². The van der Waals surface area contributed by atoms with Crippen molar-refractivity contribution in [2.45, 2.75) is 32.2 Å². The number of carbonyl (C=O) groups excluding carboxylic acids is 2. The maximum absolute atomic E-state index is 13.4. The molecule has 1 N–H and O–H groups in total. The number of hydrogen-bond acceptors (Lipinski definition) is 2. The van der Waals surface area contributed by atoms with Gasteiger partial charge in [0.05, 0.1) is 0 Å². The molecule has 0 spiro atoms. The van der Waals surface area contributed by atoms with E-state index in [0.29, 0.717) is 5.56 Å². The van der Waals surface area contributed by atoms with Crippen molar-refractivity contribution in [2.24, 2.45) is 0 Å². The molecule has 1 aliphatic rings. The molecule has 5 heteroatoms. The third-order valence-corrected chi connectivity index (χ3v) is 3.45. The minimum atomic E-state index is -0.358. The fourth-order valence-electron chi connectivity index (χ4n) is 2.29. The van der Waals surface area contributed by atoms with Crippen LogP contribution in [0.3, 0.4) is 0 Å². The summed E-state index contributed by atoms with van der Waals surface area (Å²) in [6, 6.07) is 6.27. The lowest BCUT2D eigenvalue weighted by molar-refractivity contribution is -0.136. The smallest absolute Gasteiger partial charge is 0.232 e. The van der Waals surface area contributed by atoms with Crippen LogP contribution in [0.1, 0.15) is 31.2 Å². The van der Waals surface area contributed by atoms with E-state index in [1.165, 1.54) is 6.07 Å². The summed E-state index contributed by atoms with van der Waals surface area (Å²) in [4.78, 5) is 25.3. The number of rotatable bonds is 4. The Morgan fingerprint density at radius 3 is 2.55 bits per heavy atom. The van der Waals surface area contributed by atoms with E-state index in [1.54, 1.807) is 23.1 Å². The Balaban J connectivity index is 1.77. The fourth-order valence-corrected chi connectivity index (χ4v) is 2.29. The Labute approximate surface area is 118 Å². The van der Waals surface area contributed by atoms with Crippen molar-refractivity contribution in [1.82, 2.24) is 10.2 Å². The highest BCUT2D eigenvalue weighted by Crippen LogP contribution is 2.10. The molecule has 0 bridgehead atoms. The summed E-state index contributed by atoms with van der Waals surface area (Å²) >= 11 is 0. The molecule has 1 fully saturated rings. The number of benzene rings is 1. The largest absolute Gasteiger partial charge is 0.351 e. The predicted molar refractivity (Wildman–Crippen MR) is 73.3 cm³/mol. The van der Waals surface area contributed by atoms with Gasteiger partial charge in [0.25, 0.3) is 0 Å². The Morgan fingerprint density at radius 1 is 1.15 bits per heavy atom. The van der Waals surface area contributed by atoms with E-state index in [0.717, 1.165) is 32.4 Å². The van der Waals surface area contributed by atoms with Crippen molar-refractivity contribution in [3.63, 3.8) is 0 Å². The van der Waals surface area contributed by atoms with Crippen molar-refractivity contribution < 1.29 is 14.0 Å². The van der Waals surface area contributed by atoms with Crippen LogP contribution in [-0.2, 0) is 16.1 Å². The summed E-state index contributed by atoms with van der Waals surface area (Å²) in [6.07, 6.45) is 2.99. The summed E-state index contributed by atoms with van der Waals surface area (Å²) in [7, 11) is 0. The zero-order chi connectivity index (χ0) is 14.4. The number of likely N-dealkylation sites (tertiary alicyclic amines) is 1. The van der Waals surface area contributed by atoms with Gasteiger partial charge in [-0.1, -0.05) is 18.2 Å². The second-order valence-electron chi connectivity index (χ2n) is 4.99. The summed E-state index contributed by atoms with van der Waals surface area (Å²) in [5.74, 6) is -0.852. The maximum atomic E-state index is 13.4. The number of nitrogens with zero attached hydrogens (tertiary/aromatic N) is 1. The first kappa shape index (κ1) is 14.5. The molecule has 1 saturated heterocycles. The predicted octanol–water partition coefficient (Wildman–Crippen LogP) is 1.84. The van der Waals surface area contributed by atoms with Crippen LogP contribution in [0.5, 0.6) is 0 Å². The molecule has 0 atom stereocenters. The number of piperidine rings is 1. The van der Waals surface area contributed by atoms with E-state index in [4.69, 9.17) is 0 Å². The van der Waals surface area contributed by atoms with Crippen LogP contribution in [0, 0.1) is 5.82 Å². The SMILES string of the molecule is O=C(CC(=O)N1CCCCC1)NCc1ccccc1F. The van der Waals surface area contributed by atoms with Crippen molar-refractivity contribution in [1.29, 1.82) is 0 Å². The van der Waals surface area contributed by atoms with Crippen molar-refractivity contribution >= 4 is 11.8 Å². The lowest BCUT2D eigenvalue weighted by Gasteiger charge is -2.26. The second kappa shape index (κ2) is 7.03. The molecular weight excluding hydrogens is 259 g/mol. The molecular formula is C15H19FN2O2. The molecule has 0 aromatic heterocycles. The second-order valence-corrected chi connectivity index (χ2v) is 4.99. The Hall–Kier alpha value is -1.91. The molecule has 0 unspecified atom stereocenters. The van der Waals surface area contributed by atoms with Gasteiger partial charge in [-0.15, -0.1) is 0 Å². The lowest BCUT2D eigenvalue weighted by Crippen LogP contribution is -2.38. The zero-order valence-corrected chi connectivity index (χ0v) is 11.4. The number of carbonyl (C=O) groups is 2. The van der Waals surface area contributed by atoms with Gasteiger partial charge in [-0.05, 0) is 25.3 Å². The van der Waals surface area contributed by atoms with Gasteiger partial charge in [-0.25, -0.2) is 4.39 Å². The van der Waals surface area contributed by atoms with Crippen LogP contribution in [0.4, 0.5) is 4.39 Å². The molecule has 2 amide bonds. The molecule has 20 heavy (non-hydrogen) atoms. The minimum absolute atomic E-state index is 0.110. The van der Waals surface area contributed by atoms with Crippen LogP contribution < -0.4 is 5.32 Å². The van der Waals surface area contributed by atoms with Gasteiger partial charge in [0, 0.05) is 25.2 Å². The molecule has 108 valence electrons. The molecule has 1 aromatic rings. The average Bonchev–Trinajstić information content (AvgIpc) is 2.47. The molecule has 2 rings (SSSR count). The van der Waals surface area contributed by atoms with E-state index in [9.17, 15) is 14.0 Å². The van der Waals surface area contributed by atoms with Gasteiger partial charge in [-0.2, -0.15) is 0 Å². The van der Waals surface area contributed by atoms with Gasteiger partial charge >= 0.3 is 0 Å². The highest BCUT2D eigenvalue weighted by Gasteiger charge is 2.19. The fraction of sp³-hybridized carbons (Fsp3) is 0.467. The third-order valence-electron chi connectivity index (χ3n) is 3.45. The Bertz CT molecular complexity index is 485. The standard InChI is InChI=1S/C15H19FN2O2/c16-13-7-3-2-6-12(13)11-17-14(19)10-15(20)18-8-4-1-5-9-18/h2-3,6-7H,1,4-5,8-11H2,(H,17,19). The summed E-state index contributed by atoms with van der Waals surface area (Å²) < 4.78 is 13.4. The minimum Gasteiger partial charge on any atom is -0.351 e. The number of nitrogens with one attached hydrogen (secondary N) is 1. The number of hydrogen-bond donors (Lipinski definition) is 1. The normalized spacial score (nSPS) is 14.9. The molecule has 1 aliphatic heterocycles. The number of amides is 2. The quantitative estimate of drug-likeness (QED) is 0.854. The first-order chi connectivity index (χ1) is 9.66. The van der Waals surface area contributed by atoms with Crippen molar-refractivity contribution in [2.75, 3.05) is 13.1 Å². The molecule has 0 aliphatic carbocycles. The van der Waals surface area contributed by atoms with Crippen LogP contribution in [0.2, 0.25) is 0 Å². The first-order valence-corrected chi connectivity index (χ1v) is 6.94. The molecule has 0 saturated carbocycles. The van der Waals surface area contributed by atoms with E-state index >= 15 is 0 Å². The Morgan fingerprint density at radius 2 is 1.85 bits per heavy atom. The van der Waals surface area contributed by atoms with Gasteiger partial charge in [-0.3, -0.25) is 9.59 Å². The van der Waals surface area contributed by atoms with Crippen molar-refractivity contribution in [3.05, 3.63) is 35.6 Å². The Kier molecular flexibility index (Phi) is 5.09. The lowest BCUT2D eigenvalue weighted by atomic mass is 10.1. The van der Waals surface area contributed by atoms with Gasteiger partial charge < -0.3 is 10.2 Å². The molecule has 0 radical (unpaired) electrons. The van der Waals surface area contributed by atoms with Gasteiger partial charge in [0.15, 0.2) is 0 Å². The van der Waals surface area contributed by atoms with Crippen LogP contribution >= 0.6 is 0 Å². The highest BCUT2D eigenvalue weighted by atomic mass is 19.1. The van der Waals surface area contributed by atoms with E-state index in [2.05, 4.69) is 5.32 Å². The topological polar surface area (TPSA) is 49.4 Å². The summed E-state index contributed by atoms with van der Waals surface area (Å²) in [5.41, 5.74) is 0.422. The van der Waals surface area contributed by atoms with E-state index in [1.807, 2.05) is 0 Å². The maximum Gasteiger partial charge on any atom is 0.232 e. The third kappa shape index (κ3) is 4.05. The molecule has 1 aromatic carbocycles. The number of halogens is 1. The van der Waals surface area contributed by atoms with Gasteiger partial charge in [0.1, 0.15) is 12.2 Å². The molecule has 1 heterocycles. The van der Waals surface area contributed by atoms with E-state index in [-0.39, 0.29) is 30.6 Å². The summed E-state index contributed by atoms with van der Waals surface area (Å²) in [5, 5.41) is 2.58. The van der Waals surface area contributed by atoms with Gasteiger partial charge in [0.2, 0.25) is 11.8 Å². The van der Waals surface area contributed by atoms with Crippen molar-refractivity contribution in [3.8, 4) is 0 Å². The summed E-state index contributed by atoms with van der Waals surface area (Å²) in [6.45, 7) is 1.58. The molecule has 4 nitrogen and oxygen atoms in total. The average molecular weight is 278 g/mol.